The van der Waals surface area contributed by atoms with Crippen LogP contribution in [0.1, 0.15) is 94.2 Å². The van der Waals surface area contributed by atoms with Crippen LogP contribution in [0.2, 0.25) is 0 Å². The van der Waals surface area contributed by atoms with Crippen molar-refractivity contribution < 1.29 is 87.3 Å². The summed E-state index contributed by atoms with van der Waals surface area (Å²) in [5.41, 5.74) is 16.3. The van der Waals surface area contributed by atoms with Gasteiger partial charge in [0.15, 0.2) is 11.5 Å². The molecule has 8 aromatic rings. The van der Waals surface area contributed by atoms with Gasteiger partial charge in [-0.05, 0) is 109 Å². The molecule has 528 valence electrons. The van der Waals surface area contributed by atoms with Gasteiger partial charge in [0, 0.05) is 0 Å². The van der Waals surface area contributed by atoms with Crippen molar-refractivity contribution in [3.05, 3.63) is 157 Å². The topological polar surface area (TPSA) is 511 Å². The number of aryl methyl sites for hydroxylation is 2. The summed E-state index contributed by atoms with van der Waals surface area (Å²) in [7, 11) is -22.5. The molecular formula is C60H82N10O20S6. The predicted octanol–water partition coefficient (Wildman–Crippen LogP) is 16.2. The molecule has 0 bridgehead atoms. The van der Waals surface area contributed by atoms with Crippen molar-refractivity contribution >= 4 is 140 Å². The van der Waals surface area contributed by atoms with Crippen molar-refractivity contribution in [2.24, 2.45) is 40.9 Å². The molecule has 0 aliphatic rings. The Hall–Kier alpha value is -9.24. The molecule has 0 atom stereocenters. The molecule has 30 nitrogen and oxygen atoms in total. The van der Waals surface area contributed by atoms with Crippen LogP contribution in [0.4, 0.5) is 56.9 Å². The Balaban J connectivity index is -0.000000626. The molecule has 0 aliphatic heterocycles. The molecule has 0 aromatic heterocycles. The van der Waals surface area contributed by atoms with Crippen molar-refractivity contribution in [3.8, 4) is 11.5 Å². The van der Waals surface area contributed by atoms with Crippen LogP contribution in [-0.4, -0.2) is 99.9 Å². The second kappa shape index (κ2) is 48.5. The monoisotopic (exact) mass is 1450 g/mol. The van der Waals surface area contributed by atoms with Crippen molar-refractivity contribution in [3.63, 3.8) is 0 Å². The molecule has 0 saturated carbocycles. The number of azo groups is 4. The highest BCUT2D eigenvalue weighted by Gasteiger charge is 2.19. The Bertz CT molecular complexity index is 4240. The maximum Gasteiger partial charge on any atom is 0.425 e. The second-order valence-corrected chi connectivity index (χ2v) is 22.8. The second-order valence-electron chi connectivity index (χ2n) is 16.3. The lowest BCUT2D eigenvalue weighted by Gasteiger charge is -2.09. The summed E-state index contributed by atoms with van der Waals surface area (Å²) in [6, 6.07) is 40.0. The fourth-order valence-electron chi connectivity index (χ4n) is 6.42. The number of benzene rings is 8. The van der Waals surface area contributed by atoms with Gasteiger partial charge in [0.1, 0.15) is 43.9 Å². The molecule has 0 saturated heterocycles. The Labute approximate surface area is 563 Å². The van der Waals surface area contributed by atoms with Crippen LogP contribution in [0.5, 0.6) is 11.5 Å². The molecule has 0 unspecified atom stereocenters. The van der Waals surface area contributed by atoms with Gasteiger partial charge in [-0.15, -0.1) is 55.9 Å². The van der Waals surface area contributed by atoms with E-state index in [2.05, 4.69) is 40.9 Å². The third kappa shape index (κ3) is 38.2. The zero-order valence-electron chi connectivity index (χ0n) is 55.4. The van der Waals surface area contributed by atoms with E-state index in [1.54, 1.807) is 80.6 Å². The summed E-state index contributed by atoms with van der Waals surface area (Å²) in [5, 5.41) is 56.1. The first-order valence-corrected chi connectivity index (χ1v) is 36.9. The summed E-state index contributed by atoms with van der Waals surface area (Å²) < 4.78 is 168. The van der Waals surface area contributed by atoms with Gasteiger partial charge in [-0.2, -0.15) is 43.9 Å². The van der Waals surface area contributed by atoms with Crippen molar-refractivity contribution in [2.75, 3.05) is 24.0 Å². The highest BCUT2D eigenvalue weighted by atomic mass is 32.2. The maximum absolute atomic E-state index is 11.6. The number of nitrogens with zero attached hydrogens (tertiary/aromatic N) is 8. The number of fused-ring (bicyclic) bond motifs is 2. The molecule has 0 spiro atoms. The lowest BCUT2D eigenvalue weighted by atomic mass is 10.1. The van der Waals surface area contributed by atoms with Crippen molar-refractivity contribution in [1.29, 1.82) is 0 Å². The van der Waals surface area contributed by atoms with Crippen LogP contribution in [-0.2, 0) is 61.7 Å². The average Bonchev–Trinajstić information content (AvgIpc) is 0.794. The Morgan fingerprint density at radius 1 is 0.333 bits per heavy atom. The standard InChI is InChI=1S/2C23H19N5O4S.6C2H6.2CH4O3S.2O3S/c1-14-7-12-20(33(30,31)32)19(13-14)28-26-17-10-8-15-9-11-18(23(29)21(15)22(17)24)27-25-16-5-3-2-4-6-16;1-14-7-12-20(33(30,31)32)19(13-14)28-27-18-11-9-15-8-10-17(22(24)21(15)23(18)29)26-25-16-5-3-2-4-6-16;6*1-2;2*1-5(2,3)4;2*1-4(2)3/h2*2-13,29H,24H2,1H3,(H,30,31,32);6*1-2H3;2*1H3,(H,2,3,4);;. The van der Waals surface area contributed by atoms with E-state index in [0.717, 1.165) is 11.1 Å². The largest absolute Gasteiger partial charge is 0.505 e. The number of hydrogen-bond donors (Lipinski definition) is 8. The first kappa shape index (κ1) is 93.2. The highest BCUT2D eigenvalue weighted by Crippen LogP contribution is 2.44. The quantitative estimate of drug-likeness (QED) is 0.0358. The van der Waals surface area contributed by atoms with E-state index in [1.165, 1.54) is 42.5 Å². The zero-order chi connectivity index (χ0) is 75.3. The molecule has 96 heavy (non-hydrogen) atoms. The van der Waals surface area contributed by atoms with E-state index in [1.807, 2.05) is 119 Å². The number of nitrogens with two attached hydrogens (primary N) is 2. The fourth-order valence-corrected chi connectivity index (χ4v) is 7.63. The molecule has 0 fully saturated rings. The van der Waals surface area contributed by atoms with Gasteiger partial charge in [-0.1, -0.05) is 156 Å². The number of phenolic OH excluding ortho intramolecular Hbond substituents is 2. The minimum atomic E-state index is -4.50. The summed E-state index contributed by atoms with van der Waals surface area (Å²) in [6.07, 6.45) is 1.43. The van der Waals surface area contributed by atoms with Gasteiger partial charge in [-0.25, -0.2) is 0 Å². The molecule has 0 radical (unpaired) electrons. The summed E-state index contributed by atoms with van der Waals surface area (Å²) in [6.45, 7) is 27.5. The summed E-state index contributed by atoms with van der Waals surface area (Å²) >= 11 is 0. The van der Waals surface area contributed by atoms with Crippen molar-refractivity contribution in [1.82, 2.24) is 0 Å². The van der Waals surface area contributed by atoms with Crippen LogP contribution in [0, 0.1) is 13.8 Å². The third-order valence-electron chi connectivity index (χ3n) is 9.68. The van der Waals surface area contributed by atoms with Gasteiger partial charge < -0.3 is 21.7 Å². The number of aromatic hydroxyl groups is 2. The normalized spacial score (nSPS) is 10.5. The first-order valence-electron chi connectivity index (χ1n) is 28.3. The van der Waals surface area contributed by atoms with E-state index in [0.29, 0.717) is 51.1 Å². The smallest absolute Gasteiger partial charge is 0.425 e. The lowest BCUT2D eigenvalue weighted by Crippen LogP contribution is -1.98. The molecule has 8 aromatic carbocycles. The Kier molecular flexibility index (Phi) is 47.0. The molecule has 36 heteroatoms. The first-order chi connectivity index (χ1) is 44.9. The zero-order valence-corrected chi connectivity index (χ0v) is 60.3. The SMILES string of the molecule is CC.CC.CC.CC.CC.CC.CS(=O)(=O)O.CS(=O)(=O)O.Cc1ccc(S(=O)(=O)O)c(N=Nc2ccc3ccc(N=Nc4ccccc4)c(N)c3c2O)c1.Cc1ccc(S(=O)(=O)O)c(N=Nc2ccc3ccc(N=Nc4ccccc4)c(O)c3c2N)c1.O=S(=O)=O.O=S(=O)=O. The van der Waals surface area contributed by atoms with E-state index in [-0.39, 0.29) is 61.1 Å². The van der Waals surface area contributed by atoms with E-state index in [9.17, 15) is 53.0 Å². The van der Waals surface area contributed by atoms with Crippen LogP contribution >= 0.6 is 0 Å². The number of phenols is 2. The maximum atomic E-state index is 11.6. The van der Waals surface area contributed by atoms with Gasteiger partial charge >= 0.3 is 21.2 Å². The summed E-state index contributed by atoms with van der Waals surface area (Å²) in [5.74, 6) is -0.414. The minimum Gasteiger partial charge on any atom is -0.505 e. The number of anilines is 2. The van der Waals surface area contributed by atoms with Crippen LogP contribution < -0.4 is 11.5 Å². The fraction of sp³-hybridized carbons (Fsp3) is 0.267. The molecule has 0 amide bonds. The van der Waals surface area contributed by atoms with Gasteiger partial charge in [0.25, 0.3) is 40.5 Å². The molecule has 0 heterocycles. The third-order valence-corrected chi connectivity index (χ3v) is 11.5. The van der Waals surface area contributed by atoms with Gasteiger partial charge in [0.05, 0.1) is 46.0 Å². The lowest BCUT2D eigenvalue weighted by molar-refractivity contribution is 0.481. The molecule has 8 rings (SSSR count). The summed E-state index contributed by atoms with van der Waals surface area (Å²) in [4.78, 5) is -0.761. The Morgan fingerprint density at radius 2 is 0.552 bits per heavy atom. The average molecular weight is 1460 g/mol. The molecular weight excluding hydrogens is 1370 g/mol. The van der Waals surface area contributed by atoms with E-state index < -0.39 is 61.7 Å². The minimum absolute atomic E-state index is 0.0355. The van der Waals surface area contributed by atoms with Crippen LogP contribution in [0.15, 0.2) is 196 Å². The van der Waals surface area contributed by atoms with E-state index >= 15 is 0 Å². The number of rotatable bonds is 10. The number of nitrogen functional groups attached to an aromatic ring is 2. The van der Waals surface area contributed by atoms with Gasteiger partial charge in [0.2, 0.25) is 0 Å². The van der Waals surface area contributed by atoms with Crippen LogP contribution in [0.25, 0.3) is 21.5 Å². The van der Waals surface area contributed by atoms with Gasteiger partial charge in [-0.3, -0.25) is 18.2 Å². The highest BCUT2D eigenvalue weighted by molar-refractivity contribution is 7.86. The molecule has 10 N–H and O–H groups in total. The van der Waals surface area contributed by atoms with Crippen molar-refractivity contribution in [2.45, 2.75) is 107 Å². The predicted molar refractivity (Wildman–Crippen MR) is 374 cm³/mol. The Morgan fingerprint density at radius 3 is 0.812 bits per heavy atom. The molecule has 0 aliphatic carbocycles. The number of hydrogen-bond acceptors (Lipinski definition) is 26. The van der Waals surface area contributed by atoms with E-state index in [4.69, 9.17) is 45.8 Å². The van der Waals surface area contributed by atoms with Crippen LogP contribution in [0.3, 0.4) is 0 Å².